The quantitative estimate of drug-likeness (QED) is 0.412. The Hall–Kier alpha value is -2.69. The molecule has 204 valence electrons. The van der Waals surface area contributed by atoms with Crippen molar-refractivity contribution in [3.63, 3.8) is 0 Å². The summed E-state index contributed by atoms with van der Waals surface area (Å²) >= 11 is 12.7. The number of carbonyl (C=O) groups excluding carboxylic acids is 2. The lowest BCUT2D eigenvalue weighted by Crippen LogP contribution is -2.51. The molecule has 1 N–H and O–H groups in total. The molecule has 1 unspecified atom stereocenters. The van der Waals surface area contributed by atoms with E-state index in [2.05, 4.69) is 5.32 Å². The first-order valence-electron chi connectivity index (χ1n) is 11.5. The number of halogens is 2. The van der Waals surface area contributed by atoms with Gasteiger partial charge >= 0.3 is 0 Å². The smallest absolute Gasteiger partial charge is 0.244 e. The molecule has 0 radical (unpaired) electrons. The molecular weight excluding hydrogens is 541 g/mol. The average Bonchev–Trinajstić information content (AvgIpc) is 2.84. The van der Waals surface area contributed by atoms with Crippen LogP contribution in [0.3, 0.4) is 0 Å². The molecule has 12 heteroatoms. The van der Waals surface area contributed by atoms with Crippen LogP contribution in [-0.2, 0) is 26.2 Å². The second kappa shape index (κ2) is 13.2. The van der Waals surface area contributed by atoms with Gasteiger partial charge in [-0.1, -0.05) is 43.1 Å². The van der Waals surface area contributed by atoms with Gasteiger partial charge in [0.25, 0.3) is 0 Å². The predicted octanol–water partition coefficient (Wildman–Crippen LogP) is 3.97. The van der Waals surface area contributed by atoms with Crippen molar-refractivity contribution in [1.29, 1.82) is 0 Å². The summed E-state index contributed by atoms with van der Waals surface area (Å²) in [6.45, 7) is 5.21. The van der Waals surface area contributed by atoms with Gasteiger partial charge in [0.1, 0.15) is 12.6 Å². The summed E-state index contributed by atoms with van der Waals surface area (Å²) in [5, 5.41) is 3.45. The molecule has 0 aliphatic heterocycles. The zero-order chi connectivity index (χ0) is 27.9. The predicted molar refractivity (Wildman–Crippen MR) is 146 cm³/mol. The fourth-order valence-electron chi connectivity index (χ4n) is 3.48. The number of nitrogens with one attached hydrogen (secondary N) is 1. The van der Waals surface area contributed by atoms with Gasteiger partial charge in [-0.25, -0.2) is 8.42 Å². The normalized spacial score (nSPS) is 12.1. The summed E-state index contributed by atoms with van der Waals surface area (Å²) in [5.74, 6) is -0.117. The molecule has 0 fully saturated rings. The molecule has 0 spiro atoms. The third kappa shape index (κ3) is 8.15. The fourth-order valence-corrected chi connectivity index (χ4v) is 4.84. The van der Waals surface area contributed by atoms with Crippen LogP contribution in [-0.4, -0.2) is 64.7 Å². The van der Waals surface area contributed by atoms with E-state index < -0.39 is 28.5 Å². The highest BCUT2D eigenvalue weighted by molar-refractivity contribution is 7.92. The maximum absolute atomic E-state index is 13.7. The molecule has 0 heterocycles. The standard InChI is InChI=1S/C25H33Cl2N3O6S/c1-16(2)13-28-25(32)17(3)29(14-19-20(26)8-7-9-21(19)27)24(31)15-30(37(6,33)34)18-10-11-22(35-4)23(12-18)36-5/h7-12,16-17H,13-15H2,1-6H3,(H,28,32). The lowest BCUT2D eigenvalue weighted by Gasteiger charge is -2.32. The zero-order valence-corrected chi connectivity index (χ0v) is 24.1. The summed E-state index contributed by atoms with van der Waals surface area (Å²) in [7, 11) is -1.03. The molecule has 2 amide bonds. The van der Waals surface area contributed by atoms with Crippen LogP contribution in [0.5, 0.6) is 11.5 Å². The second-order valence-corrected chi connectivity index (χ2v) is 11.6. The zero-order valence-electron chi connectivity index (χ0n) is 21.7. The van der Waals surface area contributed by atoms with Crippen molar-refractivity contribution >= 4 is 50.7 Å². The van der Waals surface area contributed by atoms with Crippen molar-refractivity contribution in [2.75, 3.05) is 37.9 Å². The van der Waals surface area contributed by atoms with Crippen LogP contribution in [0.15, 0.2) is 36.4 Å². The highest BCUT2D eigenvalue weighted by Gasteiger charge is 2.31. The van der Waals surface area contributed by atoms with E-state index in [1.54, 1.807) is 31.2 Å². The number of hydrogen-bond donors (Lipinski definition) is 1. The number of nitrogens with zero attached hydrogens (tertiary/aromatic N) is 2. The van der Waals surface area contributed by atoms with E-state index in [4.69, 9.17) is 32.7 Å². The number of rotatable bonds is 12. The Morgan fingerprint density at radius 2 is 1.59 bits per heavy atom. The van der Waals surface area contributed by atoms with Crippen molar-refractivity contribution < 1.29 is 27.5 Å². The third-order valence-corrected chi connectivity index (χ3v) is 7.43. The summed E-state index contributed by atoms with van der Waals surface area (Å²) in [6.07, 6.45) is 0.991. The van der Waals surface area contributed by atoms with E-state index >= 15 is 0 Å². The van der Waals surface area contributed by atoms with E-state index in [9.17, 15) is 18.0 Å². The number of carbonyl (C=O) groups is 2. The molecule has 0 saturated heterocycles. The topological polar surface area (TPSA) is 105 Å². The number of sulfonamides is 1. The largest absolute Gasteiger partial charge is 0.493 e. The molecule has 0 bridgehead atoms. The Kier molecular flexibility index (Phi) is 10.9. The minimum absolute atomic E-state index is 0.100. The van der Waals surface area contributed by atoms with Crippen molar-refractivity contribution in [2.45, 2.75) is 33.4 Å². The van der Waals surface area contributed by atoms with Crippen molar-refractivity contribution in [2.24, 2.45) is 5.92 Å². The first-order valence-corrected chi connectivity index (χ1v) is 14.1. The molecule has 0 aliphatic rings. The Labute approximate surface area is 228 Å². The minimum Gasteiger partial charge on any atom is -0.493 e. The summed E-state index contributed by atoms with van der Waals surface area (Å²) in [4.78, 5) is 27.9. The Balaban J connectivity index is 2.48. The van der Waals surface area contributed by atoms with Crippen molar-refractivity contribution in [3.8, 4) is 11.5 Å². The molecule has 1 atom stereocenters. The number of anilines is 1. The van der Waals surface area contributed by atoms with Gasteiger partial charge in [0.05, 0.1) is 26.2 Å². The number of benzene rings is 2. The number of ether oxygens (including phenoxy) is 2. The van der Waals surface area contributed by atoms with Crippen LogP contribution >= 0.6 is 23.2 Å². The van der Waals surface area contributed by atoms with Crippen molar-refractivity contribution in [3.05, 3.63) is 52.0 Å². The number of hydrogen-bond acceptors (Lipinski definition) is 6. The average molecular weight is 575 g/mol. The van der Waals surface area contributed by atoms with Gasteiger partial charge < -0.3 is 19.7 Å². The molecule has 2 aromatic rings. The lowest BCUT2D eigenvalue weighted by molar-refractivity contribution is -0.139. The highest BCUT2D eigenvalue weighted by Crippen LogP contribution is 2.33. The van der Waals surface area contributed by atoms with Gasteiger partial charge in [-0.05, 0) is 37.1 Å². The Bertz CT molecular complexity index is 1200. The van der Waals surface area contributed by atoms with E-state index in [0.29, 0.717) is 33.7 Å². The first-order chi connectivity index (χ1) is 17.3. The molecule has 0 aromatic heterocycles. The molecular formula is C25H33Cl2N3O6S. The SMILES string of the molecule is COc1ccc(N(CC(=O)N(Cc2c(Cl)cccc2Cl)C(C)C(=O)NCC(C)C)S(C)(=O)=O)cc1OC. The van der Waals surface area contributed by atoms with Crippen LogP contribution in [0.25, 0.3) is 0 Å². The molecule has 0 saturated carbocycles. The first kappa shape index (κ1) is 30.5. The van der Waals surface area contributed by atoms with E-state index in [0.717, 1.165) is 10.6 Å². The molecule has 9 nitrogen and oxygen atoms in total. The van der Waals surface area contributed by atoms with Gasteiger partial charge in [0.2, 0.25) is 21.8 Å². The second-order valence-electron chi connectivity index (χ2n) is 8.85. The molecule has 0 aliphatic carbocycles. The van der Waals surface area contributed by atoms with Crippen molar-refractivity contribution in [1.82, 2.24) is 10.2 Å². The lowest BCUT2D eigenvalue weighted by atomic mass is 10.1. The maximum atomic E-state index is 13.7. The van der Waals surface area contributed by atoms with E-state index in [-0.39, 0.29) is 24.1 Å². The monoisotopic (exact) mass is 573 g/mol. The van der Waals surface area contributed by atoms with Crippen LogP contribution in [0.1, 0.15) is 26.3 Å². The number of amides is 2. The third-order valence-electron chi connectivity index (χ3n) is 5.58. The van der Waals surface area contributed by atoms with Gasteiger partial charge in [0.15, 0.2) is 11.5 Å². The fraction of sp³-hybridized carbons (Fsp3) is 0.440. The highest BCUT2D eigenvalue weighted by atomic mass is 35.5. The van der Waals surface area contributed by atoms with Gasteiger partial charge in [-0.2, -0.15) is 0 Å². The summed E-state index contributed by atoms with van der Waals surface area (Å²) < 4.78 is 37.0. The van der Waals surface area contributed by atoms with Gasteiger partial charge in [0, 0.05) is 34.8 Å². The van der Waals surface area contributed by atoms with Crippen LogP contribution in [0.4, 0.5) is 5.69 Å². The number of methoxy groups -OCH3 is 2. The van der Waals surface area contributed by atoms with Gasteiger partial charge in [-0.3, -0.25) is 13.9 Å². The molecule has 2 aromatic carbocycles. The van der Waals surface area contributed by atoms with E-state index in [1.807, 2.05) is 13.8 Å². The maximum Gasteiger partial charge on any atom is 0.244 e. The summed E-state index contributed by atoms with van der Waals surface area (Å²) in [5.41, 5.74) is 0.640. The van der Waals surface area contributed by atoms with Crippen LogP contribution in [0.2, 0.25) is 10.0 Å². The summed E-state index contributed by atoms with van der Waals surface area (Å²) in [6, 6.07) is 8.49. The minimum atomic E-state index is -3.91. The Morgan fingerprint density at radius 1 is 1.00 bits per heavy atom. The Morgan fingerprint density at radius 3 is 2.11 bits per heavy atom. The van der Waals surface area contributed by atoms with Gasteiger partial charge in [-0.15, -0.1) is 0 Å². The van der Waals surface area contributed by atoms with E-state index in [1.165, 1.54) is 31.3 Å². The van der Waals surface area contributed by atoms with Crippen LogP contribution in [0, 0.1) is 5.92 Å². The molecule has 37 heavy (non-hydrogen) atoms. The van der Waals surface area contributed by atoms with Crippen LogP contribution < -0.4 is 19.1 Å². The molecule has 2 rings (SSSR count).